The van der Waals surface area contributed by atoms with Crippen molar-refractivity contribution in [2.75, 3.05) is 40.4 Å². The van der Waals surface area contributed by atoms with E-state index in [0.29, 0.717) is 24.8 Å². The van der Waals surface area contributed by atoms with Gasteiger partial charge < -0.3 is 19.7 Å². The van der Waals surface area contributed by atoms with Gasteiger partial charge >= 0.3 is 0 Å². The highest BCUT2D eigenvalue weighted by atomic mass is 16.5. The molecule has 0 aliphatic carbocycles. The molecule has 0 bridgehead atoms. The quantitative estimate of drug-likeness (QED) is 0.830. The second-order valence-electron chi connectivity index (χ2n) is 7.83. The molecule has 3 heterocycles. The highest BCUT2D eigenvalue weighted by molar-refractivity contribution is 5.93. The zero-order valence-corrected chi connectivity index (χ0v) is 17.4. The van der Waals surface area contributed by atoms with Crippen molar-refractivity contribution in [3.8, 4) is 11.5 Å². The van der Waals surface area contributed by atoms with Crippen LogP contribution in [-0.4, -0.2) is 66.2 Å². The number of rotatable bonds is 5. The van der Waals surface area contributed by atoms with Gasteiger partial charge in [-0.3, -0.25) is 4.79 Å². The molecule has 1 amide bonds. The van der Waals surface area contributed by atoms with E-state index in [2.05, 4.69) is 15.6 Å². The summed E-state index contributed by atoms with van der Waals surface area (Å²) in [6.07, 6.45) is 2.94. The smallest absolute Gasteiger partial charge is 0.276 e. The van der Waals surface area contributed by atoms with Crippen LogP contribution in [0.5, 0.6) is 11.5 Å². The first-order valence-corrected chi connectivity index (χ1v) is 10.3. The number of ether oxygens (including phenoxy) is 2. The normalized spacial score (nSPS) is 20.1. The summed E-state index contributed by atoms with van der Waals surface area (Å²) in [5, 5.41) is 11.9. The van der Waals surface area contributed by atoms with Gasteiger partial charge in [0.15, 0.2) is 5.69 Å². The average molecular weight is 399 g/mol. The molecule has 2 aliphatic heterocycles. The Hall–Kier alpha value is -2.61. The number of amides is 1. The number of hydrogen-bond donors (Lipinski definition) is 1. The minimum absolute atomic E-state index is 0.0277. The van der Waals surface area contributed by atoms with E-state index in [1.165, 1.54) is 0 Å². The molecule has 2 aliphatic rings. The molecule has 1 aromatic heterocycles. The summed E-state index contributed by atoms with van der Waals surface area (Å²) in [4.78, 5) is 15.0. The van der Waals surface area contributed by atoms with Gasteiger partial charge in [-0.2, -0.15) is 0 Å². The van der Waals surface area contributed by atoms with Crippen LogP contribution in [0.4, 0.5) is 0 Å². The van der Waals surface area contributed by atoms with E-state index in [1.54, 1.807) is 14.2 Å². The van der Waals surface area contributed by atoms with Crippen molar-refractivity contribution in [2.45, 2.75) is 38.1 Å². The number of piperidine rings is 1. The molecular formula is C21H29N5O3. The van der Waals surface area contributed by atoms with E-state index in [-0.39, 0.29) is 11.8 Å². The second-order valence-corrected chi connectivity index (χ2v) is 7.83. The first kappa shape index (κ1) is 19.7. The van der Waals surface area contributed by atoms with Crippen molar-refractivity contribution < 1.29 is 14.3 Å². The van der Waals surface area contributed by atoms with Crippen LogP contribution in [0.3, 0.4) is 0 Å². The lowest BCUT2D eigenvalue weighted by molar-refractivity contribution is 0.0784. The fraction of sp³-hybridized carbons (Fsp3) is 0.571. The SMILES string of the molecule is COc1cc(OC)cc([C@@H]2CCN(C(=O)c3nnn(C4CCNCC4)c3C)C2)c1. The topological polar surface area (TPSA) is 81.5 Å². The molecule has 1 N–H and O–H groups in total. The van der Waals surface area contributed by atoms with Gasteiger partial charge in [-0.1, -0.05) is 5.21 Å². The summed E-state index contributed by atoms with van der Waals surface area (Å²) in [6.45, 7) is 5.28. The van der Waals surface area contributed by atoms with Crippen molar-refractivity contribution in [2.24, 2.45) is 0 Å². The van der Waals surface area contributed by atoms with E-state index < -0.39 is 0 Å². The lowest BCUT2D eigenvalue weighted by Gasteiger charge is -2.23. The molecule has 0 radical (unpaired) electrons. The molecule has 4 rings (SSSR count). The van der Waals surface area contributed by atoms with E-state index in [9.17, 15) is 4.79 Å². The fourth-order valence-corrected chi connectivity index (χ4v) is 4.37. The first-order valence-electron chi connectivity index (χ1n) is 10.3. The third-order valence-corrected chi connectivity index (χ3v) is 6.11. The van der Waals surface area contributed by atoms with E-state index >= 15 is 0 Å². The number of methoxy groups -OCH3 is 2. The van der Waals surface area contributed by atoms with Crippen molar-refractivity contribution in [1.29, 1.82) is 0 Å². The summed E-state index contributed by atoms with van der Waals surface area (Å²) in [5.74, 6) is 1.76. The van der Waals surface area contributed by atoms with Gasteiger partial charge in [0.2, 0.25) is 0 Å². The molecule has 156 valence electrons. The number of aromatic nitrogens is 3. The maximum absolute atomic E-state index is 13.1. The van der Waals surface area contributed by atoms with Crippen LogP contribution in [0.25, 0.3) is 0 Å². The Morgan fingerprint density at radius 2 is 1.79 bits per heavy atom. The number of carbonyl (C=O) groups is 1. The van der Waals surface area contributed by atoms with Crippen LogP contribution in [0.15, 0.2) is 18.2 Å². The van der Waals surface area contributed by atoms with E-state index in [0.717, 1.165) is 55.1 Å². The van der Waals surface area contributed by atoms with Gasteiger partial charge in [0, 0.05) is 25.1 Å². The molecule has 1 atom stereocenters. The number of nitrogens with zero attached hydrogens (tertiary/aromatic N) is 4. The molecular weight excluding hydrogens is 370 g/mol. The molecule has 29 heavy (non-hydrogen) atoms. The summed E-state index contributed by atoms with van der Waals surface area (Å²) in [7, 11) is 3.30. The molecule has 2 fully saturated rings. The summed E-state index contributed by atoms with van der Waals surface area (Å²) < 4.78 is 12.7. The minimum atomic E-state index is -0.0277. The number of nitrogens with one attached hydrogen (secondary N) is 1. The Morgan fingerprint density at radius 3 is 2.45 bits per heavy atom. The molecule has 0 unspecified atom stereocenters. The molecule has 8 heteroatoms. The van der Waals surface area contributed by atoms with Gasteiger partial charge in [-0.25, -0.2) is 4.68 Å². The molecule has 0 saturated carbocycles. The van der Waals surface area contributed by atoms with Crippen molar-refractivity contribution in [1.82, 2.24) is 25.2 Å². The molecule has 2 aromatic rings. The fourth-order valence-electron chi connectivity index (χ4n) is 4.37. The lowest BCUT2D eigenvalue weighted by atomic mass is 9.98. The monoisotopic (exact) mass is 399 g/mol. The first-order chi connectivity index (χ1) is 14.1. The average Bonchev–Trinajstić information content (AvgIpc) is 3.41. The van der Waals surface area contributed by atoms with E-state index in [1.807, 2.05) is 34.7 Å². The van der Waals surface area contributed by atoms with Crippen LogP contribution in [-0.2, 0) is 0 Å². The highest BCUT2D eigenvalue weighted by Crippen LogP contribution is 2.33. The Balaban J connectivity index is 1.48. The predicted octanol–water partition coefficient (Wildman–Crippen LogP) is 2.16. The predicted molar refractivity (Wildman–Crippen MR) is 109 cm³/mol. The zero-order chi connectivity index (χ0) is 20.4. The van der Waals surface area contributed by atoms with Crippen molar-refractivity contribution in [3.63, 3.8) is 0 Å². The van der Waals surface area contributed by atoms with Crippen LogP contribution in [0.1, 0.15) is 53.0 Å². The largest absolute Gasteiger partial charge is 0.497 e. The number of hydrogen-bond acceptors (Lipinski definition) is 6. The maximum Gasteiger partial charge on any atom is 0.276 e. The van der Waals surface area contributed by atoms with E-state index in [4.69, 9.17) is 9.47 Å². The molecule has 1 aromatic carbocycles. The Morgan fingerprint density at radius 1 is 1.10 bits per heavy atom. The standard InChI is InChI=1S/C21H29N5O3/c1-14-20(23-24-26(14)17-4-7-22-8-5-17)21(27)25-9-6-15(13-25)16-10-18(28-2)12-19(11-16)29-3/h10-12,15,17,22H,4-9,13H2,1-3H3/t15-/m1/s1. The number of likely N-dealkylation sites (tertiary alicyclic amines) is 1. The van der Waals surface area contributed by atoms with Gasteiger partial charge in [-0.05, 0) is 57.0 Å². The van der Waals surface area contributed by atoms with Gasteiger partial charge in [0.1, 0.15) is 11.5 Å². The molecule has 2 saturated heterocycles. The van der Waals surface area contributed by atoms with Gasteiger partial charge in [0.05, 0.1) is 26.0 Å². The third-order valence-electron chi connectivity index (χ3n) is 6.11. The zero-order valence-electron chi connectivity index (χ0n) is 17.4. The summed E-state index contributed by atoms with van der Waals surface area (Å²) >= 11 is 0. The summed E-state index contributed by atoms with van der Waals surface area (Å²) in [6, 6.07) is 6.24. The minimum Gasteiger partial charge on any atom is -0.497 e. The van der Waals surface area contributed by atoms with Crippen LogP contribution in [0, 0.1) is 6.92 Å². The maximum atomic E-state index is 13.1. The van der Waals surface area contributed by atoms with Gasteiger partial charge in [-0.15, -0.1) is 5.10 Å². The Kier molecular flexibility index (Phi) is 5.71. The third kappa shape index (κ3) is 3.94. The van der Waals surface area contributed by atoms with Crippen molar-refractivity contribution >= 4 is 5.91 Å². The van der Waals surface area contributed by atoms with Gasteiger partial charge in [0.25, 0.3) is 5.91 Å². The molecule has 0 spiro atoms. The lowest BCUT2D eigenvalue weighted by Crippen LogP contribution is -2.31. The van der Waals surface area contributed by atoms with Crippen molar-refractivity contribution in [3.05, 3.63) is 35.2 Å². The second kappa shape index (κ2) is 8.41. The summed E-state index contributed by atoms with van der Waals surface area (Å²) in [5.41, 5.74) is 2.48. The Bertz CT molecular complexity index is 853. The van der Waals surface area contributed by atoms with Crippen LogP contribution < -0.4 is 14.8 Å². The number of benzene rings is 1. The van der Waals surface area contributed by atoms with Crippen LogP contribution >= 0.6 is 0 Å². The number of carbonyl (C=O) groups excluding carboxylic acids is 1. The molecule has 8 nitrogen and oxygen atoms in total. The van der Waals surface area contributed by atoms with Crippen LogP contribution in [0.2, 0.25) is 0 Å². The highest BCUT2D eigenvalue weighted by Gasteiger charge is 2.32. The Labute approximate surface area is 171 Å².